The van der Waals surface area contributed by atoms with Gasteiger partial charge < -0.3 is 10.1 Å². The first-order chi connectivity index (χ1) is 10.3. The molecule has 1 aromatic heterocycles. The van der Waals surface area contributed by atoms with Crippen LogP contribution in [0.2, 0.25) is 0 Å². The maximum Gasteiger partial charge on any atom is 0.123 e. The summed E-state index contributed by atoms with van der Waals surface area (Å²) < 4.78 is 5.43. The molecule has 1 fully saturated rings. The Morgan fingerprint density at radius 1 is 1.29 bits per heavy atom. The van der Waals surface area contributed by atoms with Crippen LogP contribution in [0.1, 0.15) is 24.0 Å². The maximum absolute atomic E-state index is 8.98. The lowest BCUT2D eigenvalue weighted by atomic mass is 10.0. The zero-order chi connectivity index (χ0) is 14.7. The van der Waals surface area contributed by atoms with E-state index >= 15 is 0 Å². The Kier molecular flexibility index (Phi) is 3.85. The summed E-state index contributed by atoms with van der Waals surface area (Å²) in [7, 11) is 1.69. The molecule has 0 amide bonds. The predicted octanol–water partition coefficient (Wildman–Crippen LogP) is 2.88. The van der Waals surface area contributed by atoms with Gasteiger partial charge in [-0.3, -0.25) is 4.98 Å². The predicted molar refractivity (Wildman–Crippen MR) is 80.8 cm³/mol. The van der Waals surface area contributed by atoms with E-state index in [2.05, 4.69) is 22.4 Å². The molecule has 1 aliphatic rings. The third-order valence-electron chi connectivity index (χ3n) is 3.64. The highest BCUT2D eigenvalue weighted by atomic mass is 16.5. The lowest BCUT2D eigenvalue weighted by Crippen LogP contribution is -2.15. The number of benzene rings is 1. The minimum atomic E-state index is 0.570. The highest BCUT2D eigenvalue weighted by Gasteiger charge is 2.20. The normalized spacial score (nSPS) is 13.7. The number of hydrogen-bond donors (Lipinski definition) is 1. The van der Waals surface area contributed by atoms with Gasteiger partial charge in [-0.25, -0.2) is 0 Å². The molecule has 4 heteroatoms. The van der Waals surface area contributed by atoms with Crippen molar-refractivity contribution in [1.82, 2.24) is 10.3 Å². The summed E-state index contributed by atoms with van der Waals surface area (Å²) >= 11 is 0. The number of ether oxygens (including phenoxy) is 1. The molecule has 1 aromatic carbocycles. The van der Waals surface area contributed by atoms with Crippen LogP contribution in [-0.2, 0) is 6.54 Å². The van der Waals surface area contributed by atoms with Crippen molar-refractivity contribution in [2.24, 2.45) is 0 Å². The second-order valence-corrected chi connectivity index (χ2v) is 5.26. The van der Waals surface area contributed by atoms with Gasteiger partial charge in [0.15, 0.2) is 0 Å². The van der Waals surface area contributed by atoms with Crippen LogP contribution in [0.3, 0.4) is 0 Å². The molecule has 2 aromatic rings. The highest BCUT2D eigenvalue weighted by molar-refractivity contribution is 5.66. The van der Waals surface area contributed by atoms with Crippen molar-refractivity contribution in [2.75, 3.05) is 7.11 Å². The zero-order valence-corrected chi connectivity index (χ0v) is 12.0. The lowest BCUT2D eigenvalue weighted by molar-refractivity contribution is 0.407. The molecule has 0 bridgehead atoms. The van der Waals surface area contributed by atoms with E-state index in [1.54, 1.807) is 19.5 Å². The molecule has 3 rings (SSSR count). The molecular formula is C17H17N3O. The fraction of sp³-hybridized carbons (Fsp3) is 0.294. The van der Waals surface area contributed by atoms with Crippen molar-refractivity contribution in [2.45, 2.75) is 25.4 Å². The Morgan fingerprint density at radius 2 is 2.14 bits per heavy atom. The van der Waals surface area contributed by atoms with Gasteiger partial charge in [-0.1, -0.05) is 6.07 Å². The number of pyridine rings is 1. The second-order valence-electron chi connectivity index (χ2n) is 5.26. The monoisotopic (exact) mass is 279 g/mol. The average molecular weight is 279 g/mol. The van der Waals surface area contributed by atoms with Gasteiger partial charge in [0.2, 0.25) is 0 Å². The van der Waals surface area contributed by atoms with E-state index in [-0.39, 0.29) is 0 Å². The molecule has 0 atom stereocenters. The number of hydrogen-bond acceptors (Lipinski definition) is 4. The molecule has 4 nitrogen and oxygen atoms in total. The van der Waals surface area contributed by atoms with Gasteiger partial charge in [-0.2, -0.15) is 5.26 Å². The maximum atomic E-state index is 8.98. The van der Waals surface area contributed by atoms with Crippen molar-refractivity contribution in [3.8, 4) is 22.9 Å². The zero-order valence-electron chi connectivity index (χ0n) is 12.0. The molecule has 0 radical (unpaired) electrons. The SMILES string of the molecule is COc1ccc(-c2cncc(C#N)c2)cc1CNC1CC1. The van der Waals surface area contributed by atoms with E-state index in [9.17, 15) is 0 Å². The van der Waals surface area contributed by atoms with Crippen LogP contribution in [0.5, 0.6) is 5.75 Å². The number of nitriles is 1. The first-order valence-corrected chi connectivity index (χ1v) is 7.06. The molecule has 0 aliphatic heterocycles. The Labute approximate surface area is 124 Å². The number of rotatable bonds is 5. The van der Waals surface area contributed by atoms with Gasteiger partial charge in [0, 0.05) is 36.1 Å². The third-order valence-corrected chi connectivity index (χ3v) is 3.64. The topological polar surface area (TPSA) is 57.9 Å². The lowest BCUT2D eigenvalue weighted by Gasteiger charge is -2.11. The van der Waals surface area contributed by atoms with Crippen molar-refractivity contribution in [1.29, 1.82) is 5.26 Å². The van der Waals surface area contributed by atoms with E-state index in [1.165, 1.54) is 12.8 Å². The smallest absolute Gasteiger partial charge is 0.123 e. The third kappa shape index (κ3) is 3.21. The second kappa shape index (κ2) is 5.94. The van der Waals surface area contributed by atoms with Crippen molar-refractivity contribution in [3.63, 3.8) is 0 Å². The summed E-state index contributed by atoms with van der Waals surface area (Å²) in [5.41, 5.74) is 3.70. The number of aromatic nitrogens is 1. The first kappa shape index (κ1) is 13.6. The van der Waals surface area contributed by atoms with E-state index in [4.69, 9.17) is 10.00 Å². The van der Waals surface area contributed by atoms with Crippen molar-refractivity contribution >= 4 is 0 Å². The van der Waals surface area contributed by atoms with Crippen molar-refractivity contribution in [3.05, 3.63) is 47.8 Å². The summed E-state index contributed by atoms with van der Waals surface area (Å²) in [5.74, 6) is 0.885. The average Bonchev–Trinajstić information content (AvgIpc) is 3.37. The van der Waals surface area contributed by atoms with Crippen LogP contribution in [0.15, 0.2) is 36.7 Å². The summed E-state index contributed by atoms with van der Waals surface area (Å²) in [6.45, 7) is 0.799. The molecule has 21 heavy (non-hydrogen) atoms. The minimum Gasteiger partial charge on any atom is -0.496 e. The van der Waals surface area contributed by atoms with Gasteiger partial charge in [-0.05, 0) is 36.6 Å². The van der Waals surface area contributed by atoms with E-state index in [1.807, 2.05) is 18.2 Å². The van der Waals surface area contributed by atoms with Crippen LogP contribution < -0.4 is 10.1 Å². The van der Waals surface area contributed by atoms with Crippen LogP contribution in [0, 0.1) is 11.3 Å². The fourth-order valence-electron chi connectivity index (χ4n) is 2.30. The minimum absolute atomic E-state index is 0.570. The molecule has 1 heterocycles. The number of nitrogens with one attached hydrogen (secondary N) is 1. The highest BCUT2D eigenvalue weighted by Crippen LogP contribution is 2.28. The van der Waals surface area contributed by atoms with Gasteiger partial charge in [0.05, 0.1) is 12.7 Å². The first-order valence-electron chi connectivity index (χ1n) is 7.06. The number of methoxy groups -OCH3 is 1. The molecule has 0 spiro atoms. The Morgan fingerprint density at radius 3 is 2.86 bits per heavy atom. The molecule has 1 aliphatic carbocycles. The molecular weight excluding hydrogens is 262 g/mol. The molecule has 0 saturated heterocycles. The molecule has 106 valence electrons. The Balaban J connectivity index is 1.90. The van der Waals surface area contributed by atoms with Crippen LogP contribution in [0.4, 0.5) is 0 Å². The fourth-order valence-corrected chi connectivity index (χ4v) is 2.30. The van der Waals surface area contributed by atoms with E-state index in [0.717, 1.165) is 29.0 Å². The van der Waals surface area contributed by atoms with Gasteiger partial charge in [0.25, 0.3) is 0 Å². The van der Waals surface area contributed by atoms with E-state index in [0.29, 0.717) is 11.6 Å². The summed E-state index contributed by atoms with van der Waals surface area (Å²) in [6, 6.07) is 10.7. The standard InChI is InChI=1S/C17H17N3O/c1-21-17-5-2-13(7-15(17)11-20-16-3-4-16)14-6-12(8-18)9-19-10-14/h2,5-7,9-10,16,20H,3-4,11H2,1H3. The van der Waals surface area contributed by atoms with Gasteiger partial charge >= 0.3 is 0 Å². The summed E-state index contributed by atoms with van der Waals surface area (Å²) in [5, 5.41) is 12.5. The quantitative estimate of drug-likeness (QED) is 0.914. The largest absolute Gasteiger partial charge is 0.496 e. The molecule has 1 saturated carbocycles. The Bertz CT molecular complexity index is 687. The van der Waals surface area contributed by atoms with Gasteiger partial charge in [0.1, 0.15) is 11.8 Å². The van der Waals surface area contributed by atoms with Crippen LogP contribution in [-0.4, -0.2) is 18.1 Å². The van der Waals surface area contributed by atoms with Gasteiger partial charge in [-0.15, -0.1) is 0 Å². The molecule has 1 N–H and O–H groups in total. The van der Waals surface area contributed by atoms with E-state index < -0.39 is 0 Å². The van der Waals surface area contributed by atoms with Crippen molar-refractivity contribution < 1.29 is 4.74 Å². The Hall–Kier alpha value is -2.38. The van der Waals surface area contributed by atoms with Crippen LogP contribution in [0.25, 0.3) is 11.1 Å². The summed E-state index contributed by atoms with van der Waals surface area (Å²) in [4.78, 5) is 4.12. The van der Waals surface area contributed by atoms with Crippen LogP contribution >= 0.6 is 0 Å². The number of nitrogens with zero attached hydrogens (tertiary/aromatic N) is 2. The summed E-state index contributed by atoms with van der Waals surface area (Å²) in [6.07, 6.45) is 5.87. The molecule has 0 unspecified atom stereocenters.